The fraction of sp³-hybridized carbons (Fsp3) is 0.414. The summed E-state index contributed by atoms with van der Waals surface area (Å²) in [5.74, 6) is 2.76. The van der Waals surface area contributed by atoms with Gasteiger partial charge in [-0.05, 0) is 81.1 Å². The van der Waals surface area contributed by atoms with E-state index in [1.165, 1.54) is 0 Å². The Bertz CT molecular complexity index is 1350. The van der Waals surface area contributed by atoms with E-state index in [-0.39, 0.29) is 6.10 Å². The number of fused-ring (bicyclic) bond motifs is 1. The van der Waals surface area contributed by atoms with E-state index in [2.05, 4.69) is 78.8 Å². The van der Waals surface area contributed by atoms with Crippen molar-refractivity contribution in [3.05, 3.63) is 65.6 Å². The van der Waals surface area contributed by atoms with Gasteiger partial charge in [0.15, 0.2) is 5.65 Å². The Morgan fingerprint density at radius 1 is 1.08 bits per heavy atom. The molecule has 0 aliphatic carbocycles. The maximum absolute atomic E-state index is 6.31. The summed E-state index contributed by atoms with van der Waals surface area (Å²) < 4.78 is 8.46. The van der Waals surface area contributed by atoms with Gasteiger partial charge in [-0.3, -0.25) is 4.57 Å². The van der Waals surface area contributed by atoms with Crippen molar-refractivity contribution in [2.24, 2.45) is 0 Å². The largest absolute Gasteiger partial charge is 0.490 e. The van der Waals surface area contributed by atoms with E-state index in [1.54, 1.807) is 0 Å². The molecule has 7 heteroatoms. The van der Waals surface area contributed by atoms with Crippen LogP contribution in [0.4, 0.5) is 11.6 Å². The number of rotatable bonds is 7. The number of nitrogens with zero attached hydrogens (tertiary/aromatic N) is 5. The summed E-state index contributed by atoms with van der Waals surface area (Å²) in [5.41, 5.74) is 5.14. The maximum Gasteiger partial charge on any atom is 0.229 e. The van der Waals surface area contributed by atoms with Crippen molar-refractivity contribution in [2.75, 3.05) is 25.5 Å². The van der Waals surface area contributed by atoms with Crippen LogP contribution >= 0.6 is 0 Å². The normalized spacial score (nSPS) is 15.1. The molecule has 1 aliphatic heterocycles. The lowest BCUT2D eigenvalue weighted by atomic mass is 10.1. The number of hydrogen-bond donors (Lipinski definition) is 1. The van der Waals surface area contributed by atoms with Gasteiger partial charge < -0.3 is 15.0 Å². The molecule has 7 nitrogen and oxygen atoms in total. The van der Waals surface area contributed by atoms with Crippen LogP contribution in [0.5, 0.6) is 5.75 Å². The van der Waals surface area contributed by atoms with Gasteiger partial charge in [-0.1, -0.05) is 26.8 Å². The Morgan fingerprint density at radius 2 is 1.89 bits per heavy atom. The second-order valence-electron chi connectivity index (χ2n) is 10.1. The minimum atomic E-state index is 0.285. The molecule has 5 rings (SSSR count). The molecule has 1 aromatic carbocycles. The monoisotopic (exact) mass is 484 g/mol. The van der Waals surface area contributed by atoms with E-state index in [0.717, 1.165) is 77.6 Å². The number of piperidine rings is 1. The number of aryl methyl sites for hydroxylation is 2. The fourth-order valence-corrected chi connectivity index (χ4v) is 4.78. The average molecular weight is 485 g/mol. The second-order valence-corrected chi connectivity index (χ2v) is 10.1. The molecule has 0 saturated carbocycles. The van der Waals surface area contributed by atoms with Gasteiger partial charge in [0.1, 0.15) is 17.7 Å². The van der Waals surface area contributed by atoms with E-state index >= 15 is 0 Å². The maximum atomic E-state index is 6.31. The van der Waals surface area contributed by atoms with Gasteiger partial charge in [0.25, 0.3) is 0 Å². The molecule has 188 valence electrons. The molecule has 36 heavy (non-hydrogen) atoms. The second kappa shape index (κ2) is 10.3. The summed E-state index contributed by atoms with van der Waals surface area (Å²) in [4.78, 5) is 16.8. The van der Waals surface area contributed by atoms with Crippen LogP contribution in [0.15, 0.2) is 48.7 Å². The lowest BCUT2D eigenvalue weighted by molar-refractivity contribution is 0.113. The molecule has 1 N–H and O–H groups in total. The Kier molecular flexibility index (Phi) is 6.92. The molecule has 0 bridgehead atoms. The zero-order valence-electron chi connectivity index (χ0n) is 22.0. The number of aromatic nitrogens is 4. The Balaban J connectivity index is 1.41. The smallest absolute Gasteiger partial charge is 0.229 e. The summed E-state index contributed by atoms with van der Waals surface area (Å²) in [6.45, 7) is 10.7. The third-order valence-electron chi connectivity index (χ3n) is 6.95. The van der Waals surface area contributed by atoms with Crippen LogP contribution in [0.1, 0.15) is 56.5 Å². The summed E-state index contributed by atoms with van der Waals surface area (Å²) in [6.07, 6.45) is 5.19. The van der Waals surface area contributed by atoms with Crippen LogP contribution in [0.25, 0.3) is 16.9 Å². The van der Waals surface area contributed by atoms with Crippen molar-refractivity contribution in [3.8, 4) is 11.6 Å². The van der Waals surface area contributed by atoms with Gasteiger partial charge >= 0.3 is 0 Å². The fourth-order valence-electron chi connectivity index (χ4n) is 4.78. The number of hydrogen-bond acceptors (Lipinski definition) is 6. The van der Waals surface area contributed by atoms with Crippen LogP contribution in [0.2, 0.25) is 0 Å². The van der Waals surface area contributed by atoms with Crippen LogP contribution in [-0.4, -0.2) is 50.7 Å². The predicted octanol–water partition coefficient (Wildman–Crippen LogP) is 6.03. The summed E-state index contributed by atoms with van der Waals surface area (Å²) in [7, 11) is 2.17. The van der Waals surface area contributed by atoms with Crippen molar-refractivity contribution in [1.29, 1.82) is 0 Å². The van der Waals surface area contributed by atoms with E-state index < -0.39 is 0 Å². The molecule has 4 aromatic rings. The molecule has 1 saturated heterocycles. The van der Waals surface area contributed by atoms with E-state index in [4.69, 9.17) is 14.7 Å². The standard InChI is InChI=1S/C29H36N6O/c1-6-23-17-21-18-30-29(33-28(21)35(23)27-9-7-8-25(32-27)19(2)3)31-22-10-11-26(20(4)16-22)36-24-12-14-34(5)15-13-24/h7-11,16-19,24H,6,12-15H2,1-5H3,(H,30,31,33). The topological polar surface area (TPSA) is 68.1 Å². The molecule has 3 aromatic heterocycles. The SMILES string of the molecule is CCc1cc2cnc(Nc3ccc(OC4CCN(C)CC4)c(C)c3)nc2n1-c1cccc(C(C)C)n1. The number of nitrogens with one attached hydrogen (secondary N) is 1. The summed E-state index contributed by atoms with van der Waals surface area (Å²) in [5, 5.41) is 4.40. The number of ether oxygens (including phenoxy) is 1. The summed E-state index contributed by atoms with van der Waals surface area (Å²) >= 11 is 0. The highest BCUT2D eigenvalue weighted by Gasteiger charge is 2.19. The third kappa shape index (κ3) is 5.07. The van der Waals surface area contributed by atoms with Gasteiger partial charge in [0.05, 0.1) is 0 Å². The first-order valence-corrected chi connectivity index (χ1v) is 13.0. The molecule has 0 unspecified atom stereocenters. The number of likely N-dealkylation sites (tertiary alicyclic amines) is 1. The van der Waals surface area contributed by atoms with Gasteiger partial charge in [-0.25, -0.2) is 9.97 Å². The van der Waals surface area contributed by atoms with Crippen molar-refractivity contribution in [2.45, 2.75) is 59.0 Å². The van der Waals surface area contributed by atoms with Crippen molar-refractivity contribution in [1.82, 2.24) is 24.4 Å². The van der Waals surface area contributed by atoms with Crippen LogP contribution in [-0.2, 0) is 6.42 Å². The zero-order chi connectivity index (χ0) is 25.2. The van der Waals surface area contributed by atoms with E-state index in [0.29, 0.717) is 11.9 Å². The predicted molar refractivity (Wildman–Crippen MR) is 146 cm³/mol. The molecule has 1 fully saturated rings. The first kappa shape index (κ1) is 24.3. The Labute approximate surface area is 213 Å². The Hall–Kier alpha value is -3.45. The highest BCUT2D eigenvalue weighted by atomic mass is 16.5. The van der Waals surface area contributed by atoms with Crippen LogP contribution in [0.3, 0.4) is 0 Å². The molecule has 0 radical (unpaired) electrons. The minimum Gasteiger partial charge on any atom is -0.490 e. The van der Waals surface area contributed by atoms with Crippen molar-refractivity contribution < 1.29 is 4.74 Å². The molecule has 1 aliphatic rings. The van der Waals surface area contributed by atoms with Gasteiger partial charge in [-0.15, -0.1) is 0 Å². The zero-order valence-corrected chi connectivity index (χ0v) is 22.0. The molecule has 0 spiro atoms. The lowest BCUT2D eigenvalue weighted by Gasteiger charge is -2.29. The van der Waals surface area contributed by atoms with E-state index in [9.17, 15) is 0 Å². The third-order valence-corrected chi connectivity index (χ3v) is 6.95. The minimum absolute atomic E-state index is 0.285. The first-order chi connectivity index (χ1) is 17.4. The first-order valence-electron chi connectivity index (χ1n) is 13.0. The van der Waals surface area contributed by atoms with Gasteiger partial charge in [-0.2, -0.15) is 4.98 Å². The van der Waals surface area contributed by atoms with E-state index in [1.807, 2.05) is 24.4 Å². The quantitative estimate of drug-likeness (QED) is 0.346. The van der Waals surface area contributed by atoms with Gasteiger partial charge in [0, 0.05) is 41.7 Å². The van der Waals surface area contributed by atoms with Crippen molar-refractivity contribution >= 4 is 22.7 Å². The van der Waals surface area contributed by atoms with Crippen LogP contribution < -0.4 is 10.1 Å². The number of anilines is 2. The number of pyridine rings is 1. The van der Waals surface area contributed by atoms with Gasteiger partial charge in [0.2, 0.25) is 5.95 Å². The highest BCUT2D eigenvalue weighted by Crippen LogP contribution is 2.28. The molecular weight excluding hydrogens is 448 g/mol. The van der Waals surface area contributed by atoms with Crippen LogP contribution in [0, 0.1) is 6.92 Å². The lowest BCUT2D eigenvalue weighted by Crippen LogP contribution is -2.35. The van der Waals surface area contributed by atoms with Crippen molar-refractivity contribution in [3.63, 3.8) is 0 Å². The average Bonchev–Trinajstić information content (AvgIpc) is 3.25. The molecule has 0 amide bonds. The molecule has 0 atom stereocenters. The summed E-state index contributed by atoms with van der Waals surface area (Å²) in [6, 6.07) is 14.5. The highest BCUT2D eigenvalue weighted by molar-refractivity contribution is 5.80. The number of benzene rings is 1. The Morgan fingerprint density at radius 3 is 2.61 bits per heavy atom. The molecular formula is C29H36N6O. The molecule has 4 heterocycles.